The maximum Gasteiger partial charge on any atom is 0.394 e. The molecule has 96 valence electrons. The van der Waals surface area contributed by atoms with E-state index in [-0.39, 0.29) is 24.4 Å². The van der Waals surface area contributed by atoms with Crippen LogP contribution in [0.1, 0.15) is 0 Å². The molecule has 0 fully saturated rings. The van der Waals surface area contributed by atoms with Crippen molar-refractivity contribution in [1.82, 2.24) is 18.5 Å². The second-order valence-electron chi connectivity index (χ2n) is 1.01. The van der Waals surface area contributed by atoms with Gasteiger partial charge in [-0.3, -0.25) is 14.5 Å². The highest BCUT2D eigenvalue weighted by molar-refractivity contribution is 7.79. The topological polar surface area (TPSA) is 279 Å². The molecule has 0 aromatic carbocycles. The van der Waals surface area contributed by atoms with Crippen LogP contribution in [0.3, 0.4) is 0 Å². The van der Waals surface area contributed by atoms with Crippen LogP contribution in [0.2, 0.25) is 0 Å². The molecule has 17 N–H and O–H groups in total. The predicted octanol–water partition coefficient (Wildman–Crippen LogP) is -0.660. The van der Waals surface area contributed by atoms with Crippen LogP contribution in [0.25, 0.3) is 0 Å². The van der Waals surface area contributed by atoms with E-state index in [1.807, 2.05) is 0 Å². The van der Waals surface area contributed by atoms with Crippen molar-refractivity contribution in [2.24, 2.45) is 11.5 Å². The quantitative estimate of drug-likeness (QED) is 0.115. The van der Waals surface area contributed by atoms with E-state index < -0.39 is 10.4 Å². The number of hydrogen-bond acceptors (Lipinski definition) is 8. The van der Waals surface area contributed by atoms with Crippen molar-refractivity contribution in [2.45, 2.75) is 0 Å². The third kappa shape index (κ3) is 1080. The van der Waals surface area contributed by atoms with Crippen LogP contribution in [0.4, 0.5) is 0 Å². The third-order valence-corrected chi connectivity index (χ3v) is 0. The molecule has 0 aromatic rings. The van der Waals surface area contributed by atoms with Gasteiger partial charge in [-0.1, -0.05) is 0 Å². The molecule has 0 unspecified atom stereocenters. The molecule has 0 aromatic heterocycles. The number of rotatable bonds is 0. The Balaban J connectivity index is -0.0000000189. The number of isothiocyanates is 1. The minimum absolute atomic E-state index is 0. The second kappa shape index (κ2) is 23.0. The summed E-state index contributed by atoms with van der Waals surface area (Å²) >= 11 is 3.81. The summed E-state index contributed by atoms with van der Waals surface area (Å²) in [4.78, 5) is 0. The highest BCUT2D eigenvalue weighted by Gasteiger charge is 1.84. The second-order valence-corrected chi connectivity index (χ2v) is 2.11. The fourth-order valence-electron chi connectivity index (χ4n) is 0. The number of guanidine groups is 1. The van der Waals surface area contributed by atoms with E-state index in [1.54, 1.807) is 5.16 Å². The van der Waals surface area contributed by atoms with Crippen molar-refractivity contribution in [1.29, 1.82) is 10.8 Å². The molecule has 0 saturated carbocycles. The van der Waals surface area contributed by atoms with Crippen LogP contribution in [0.15, 0.2) is 0 Å². The first kappa shape index (κ1) is 37.1. The molecule has 0 saturated heterocycles. The summed E-state index contributed by atoms with van der Waals surface area (Å²) in [6.45, 7) is 0. The van der Waals surface area contributed by atoms with E-state index in [1.165, 1.54) is 0 Å². The highest BCUT2D eigenvalue weighted by Crippen LogP contribution is 1.59. The monoisotopic (exact) mass is 267 g/mol. The van der Waals surface area contributed by atoms with E-state index in [0.717, 1.165) is 0 Å². The van der Waals surface area contributed by atoms with E-state index in [2.05, 4.69) is 23.7 Å². The molecular formula is C2H17N7O4S2. The Hall–Kier alpha value is -1.18. The molecule has 0 aliphatic rings. The Labute approximate surface area is 92.6 Å². The van der Waals surface area contributed by atoms with Crippen LogP contribution >= 0.6 is 12.2 Å². The summed E-state index contributed by atoms with van der Waals surface area (Å²) in [7, 11) is -4.67. The Kier molecular flexibility index (Phi) is 57.0. The Morgan fingerprint density at radius 3 is 1.20 bits per heavy atom. The minimum atomic E-state index is -4.67. The van der Waals surface area contributed by atoms with Gasteiger partial charge < -0.3 is 29.9 Å². The first-order valence-electron chi connectivity index (χ1n) is 1.98. The molecule has 0 aliphatic heterocycles. The molecule has 13 heteroatoms. The van der Waals surface area contributed by atoms with Gasteiger partial charge in [0, 0.05) is 0 Å². The summed E-state index contributed by atoms with van der Waals surface area (Å²) in [5, 5.41) is 13.4. The maximum absolute atomic E-state index is 8.74. The molecule has 0 radical (unpaired) electrons. The average molecular weight is 267 g/mol. The predicted molar refractivity (Wildman–Crippen MR) is 60.7 cm³/mol. The molecular weight excluding hydrogens is 250 g/mol. The highest BCUT2D eigenvalue weighted by atomic mass is 32.3. The van der Waals surface area contributed by atoms with Gasteiger partial charge in [0.25, 0.3) is 0 Å². The van der Waals surface area contributed by atoms with Gasteiger partial charge in [-0.05, 0) is 12.2 Å². The van der Waals surface area contributed by atoms with Crippen molar-refractivity contribution < 1.29 is 17.5 Å². The normalized spacial score (nSPS) is 6.00. The molecule has 0 bridgehead atoms. The SMILES string of the molecule is N.N.N.N=C(N)N.N=C=S.O=S(=O)(O)O. The van der Waals surface area contributed by atoms with Crippen molar-refractivity contribution in [3.63, 3.8) is 0 Å². The Morgan fingerprint density at radius 2 is 1.20 bits per heavy atom. The Bertz CT molecular complexity index is 232. The van der Waals surface area contributed by atoms with Gasteiger partial charge in [0.05, 0.1) is 5.16 Å². The van der Waals surface area contributed by atoms with Gasteiger partial charge in [-0.25, -0.2) is 5.41 Å². The lowest BCUT2D eigenvalue weighted by atomic mass is 11.1. The largest absolute Gasteiger partial charge is 0.394 e. The van der Waals surface area contributed by atoms with E-state index in [9.17, 15) is 0 Å². The lowest BCUT2D eigenvalue weighted by molar-refractivity contribution is 0.381. The zero-order valence-corrected chi connectivity index (χ0v) is 9.44. The molecule has 0 rings (SSSR count). The number of hydrogen-bond donors (Lipinski definition) is 9. The molecule has 0 heterocycles. The van der Waals surface area contributed by atoms with Crippen molar-refractivity contribution in [2.75, 3.05) is 0 Å². The van der Waals surface area contributed by atoms with E-state index in [4.69, 9.17) is 28.3 Å². The maximum atomic E-state index is 8.74. The van der Waals surface area contributed by atoms with Crippen LogP contribution in [0.5, 0.6) is 0 Å². The smallest absolute Gasteiger partial charge is 0.370 e. The minimum Gasteiger partial charge on any atom is -0.370 e. The number of nitrogens with one attached hydrogen (secondary N) is 2. The molecule has 11 nitrogen and oxygen atoms in total. The lowest BCUT2D eigenvalue weighted by Gasteiger charge is -1.69. The van der Waals surface area contributed by atoms with Gasteiger partial charge in [0.1, 0.15) is 0 Å². The van der Waals surface area contributed by atoms with Gasteiger partial charge in [-0.2, -0.15) is 8.42 Å². The first-order chi connectivity index (χ1) is 5.15. The van der Waals surface area contributed by atoms with Crippen molar-refractivity contribution in [3.05, 3.63) is 0 Å². The fourth-order valence-corrected chi connectivity index (χ4v) is 0. The summed E-state index contributed by atoms with van der Waals surface area (Å²) in [6.07, 6.45) is 0. The zero-order chi connectivity index (χ0) is 10.8. The molecule has 15 heavy (non-hydrogen) atoms. The van der Waals surface area contributed by atoms with E-state index >= 15 is 0 Å². The summed E-state index contributed by atoms with van der Waals surface area (Å²) in [5.41, 5.74) is 8.94. The summed E-state index contributed by atoms with van der Waals surface area (Å²) < 4.78 is 31.6. The number of nitrogens with two attached hydrogens (primary N) is 2. The van der Waals surface area contributed by atoms with Gasteiger partial charge in [-0.15, -0.1) is 0 Å². The number of thiocarbonyl (C=S) groups is 1. The van der Waals surface area contributed by atoms with Gasteiger partial charge in [0.2, 0.25) is 0 Å². The fraction of sp³-hybridized carbons (Fsp3) is 0. The molecule has 0 spiro atoms. The third-order valence-electron chi connectivity index (χ3n) is 0. The van der Waals surface area contributed by atoms with Crippen molar-refractivity contribution >= 4 is 33.7 Å². The lowest BCUT2D eigenvalue weighted by Crippen LogP contribution is -2.20. The summed E-state index contributed by atoms with van der Waals surface area (Å²) in [5.74, 6) is -0.333. The average Bonchev–Trinajstić information content (AvgIpc) is 1.56. The Morgan fingerprint density at radius 1 is 1.20 bits per heavy atom. The zero-order valence-electron chi connectivity index (χ0n) is 7.80. The molecule has 0 aliphatic carbocycles. The van der Waals surface area contributed by atoms with Crippen LogP contribution < -0.4 is 29.9 Å². The van der Waals surface area contributed by atoms with Gasteiger partial charge in [0.15, 0.2) is 5.96 Å². The molecule has 0 amide bonds. The van der Waals surface area contributed by atoms with Gasteiger partial charge >= 0.3 is 10.4 Å². The van der Waals surface area contributed by atoms with Crippen LogP contribution in [-0.2, 0) is 10.4 Å². The van der Waals surface area contributed by atoms with Crippen molar-refractivity contribution in [3.8, 4) is 0 Å². The van der Waals surface area contributed by atoms with Crippen LogP contribution in [-0.4, -0.2) is 28.6 Å². The summed E-state index contributed by atoms with van der Waals surface area (Å²) in [6, 6.07) is 0. The standard InChI is InChI=1S/CH5N3.CHNS.3H3N.H2O4S/c2-1(3)4;2-1-3;;;;1-5(2,3)4/h(H5,2,3,4);2H;3*1H3;(H2,1,2,3,4). The van der Waals surface area contributed by atoms with E-state index in [0.29, 0.717) is 0 Å². The first-order valence-corrected chi connectivity index (χ1v) is 3.79. The molecule has 0 atom stereocenters. The van der Waals surface area contributed by atoms with Crippen LogP contribution in [0, 0.1) is 10.8 Å².